The third kappa shape index (κ3) is 5.11. The van der Waals surface area contributed by atoms with Crippen molar-refractivity contribution in [2.75, 3.05) is 38.6 Å². The molecule has 0 saturated carbocycles. The van der Waals surface area contributed by atoms with Crippen LogP contribution in [0.2, 0.25) is 5.02 Å². The van der Waals surface area contributed by atoms with Crippen molar-refractivity contribution in [2.45, 2.75) is 6.54 Å². The fourth-order valence-electron chi connectivity index (χ4n) is 4.84. The van der Waals surface area contributed by atoms with Crippen LogP contribution in [0.5, 0.6) is 17.2 Å². The molecule has 1 aromatic heterocycles. The van der Waals surface area contributed by atoms with Gasteiger partial charge in [0.2, 0.25) is 0 Å². The first-order valence-corrected chi connectivity index (χ1v) is 11.7. The van der Waals surface area contributed by atoms with Gasteiger partial charge in [-0.3, -0.25) is 9.88 Å². The van der Waals surface area contributed by atoms with Crippen LogP contribution in [0, 0.1) is 11.8 Å². The van der Waals surface area contributed by atoms with Crippen LogP contribution in [0.3, 0.4) is 0 Å². The molecule has 7 nitrogen and oxygen atoms in total. The Kier molecular flexibility index (Phi) is 6.56. The maximum Gasteiger partial charge on any atom is 0.322 e. The number of hydrogen-bond acceptors (Lipinski definition) is 5. The first-order chi connectivity index (χ1) is 16.6. The van der Waals surface area contributed by atoms with Crippen molar-refractivity contribution in [3.8, 4) is 17.2 Å². The van der Waals surface area contributed by atoms with E-state index < -0.39 is 0 Å². The van der Waals surface area contributed by atoms with Gasteiger partial charge in [0, 0.05) is 50.0 Å². The zero-order valence-electron chi connectivity index (χ0n) is 19.0. The Bertz CT molecular complexity index is 1140. The third-order valence-electron chi connectivity index (χ3n) is 6.45. The molecule has 5 rings (SSSR count). The van der Waals surface area contributed by atoms with Gasteiger partial charge in [-0.1, -0.05) is 23.7 Å². The van der Waals surface area contributed by atoms with Crippen LogP contribution in [0.1, 0.15) is 5.56 Å². The van der Waals surface area contributed by atoms with E-state index in [4.69, 9.17) is 21.1 Å². The topological polar surface area (TPSA) is 66.9 Å². The van der Waals surface area contributed by atoms with E-state index in [1.807, 2.05) is 41.3 Å². The maximum atomic E-state index is 12.8. The summed E-state index contributed by atoms with van der Waals surface area (Å²) in [5.41, 5.74) is 1.80. The van der Waals surface area contributed by atoms with Crippen molar-refractivity contribution >= 4 is 23.3 Å². The number of urea groups is 1. The number of carbonyl (C=O) groups excluding carboxylic acids is 1. The molecule has 3 heterocycles. The molecule has 8 heteroatoms. The highest BCUT2D eigenvalue weighted by molar-refractivity contribution is 6.30. The van der Waals surface area contributed by atoms with Crippen molar-refractivity contribution in [2.24, 2.45) is 11.8 Å². The predicted octanol–water partition coefficient (Wildman–Crippen LogP) is 5.13. The SMILES string of the molecule is COc1ccncc1NC(=O)N1CC2CN(Cc3cccc(Oc4ccc(Cl)cc4)c3)CC2C1. The number of hydrogen-bond donors (Lipinski definition) is 1. The summed E-state index contributed by atoms with van der Waals surface area (Å²) < 4.78 is 11.3. The summed E-state index contributed by atoms with van der Waals surface area (Å²) in [5, 5.41) is 3.63. The standard InChI is InChI=1S/C26H27ClN4O3/c1-33-25-9-10-28-12-24(25)29-26(32)31-16-19-14-30(15-20(19)17-31)13-18-3-2-4-23(11-18)34-22-7-5-21(27)6-8-22/h2-12,19-20H,13-17H2,1H3,(H,29,32). The summed E-state index contributed by atoms with van der Waals surface area (Å²) in [5.74, 6) is 3.15. The Morgan fingerprint density at radius 3 is 2.56 bits per heavy atom. The molecule has 0 spiro atoms. The third-order valence-corrected chi connectivity index (χ3v) is 6.70. The molecular weight excluding hydrogens is 452 g/mol. The highest BCUT2D eigenvalue weighted by Crippen LogP contribution is 2.33. The summed E-state index contributed by atoms with van der Waals surface area (Å²) in [7, 11) is 1.58. The molecule has 176 valence electrons. The number of fused-ring (bicyclic) bond motifs is 1. The van der Waals surface area contributed by atoms with Crippen molar-refractivity contribution < 1.29 is 14.3 Å². The molecule has 2 atom stereocenters. The number of likely N-dealkylation sites (tertiary alicyclic amines) is 2. The lowest BCUT2D eigenvalue weighted by Crippen LogP contribution is -2.36. The van der Waals surface area contributed by atoms with Gasteiger partial charge in [-0.15, -0.1) is 0 Å². The largest absolute Gasteiger partial charge is 0.494 e. The normalized spacial score (nSPS) is 19.6. The van der Waals surface area contributed by atoms with E-state index in [0.29, 0.717) is 28.3 Å². The van der Waals surface area contributed by atoms with Crippen molar-refractivity contribution in [3.05, 3.63) is 77.6 Å². The summed E-state index contributed by atoms with van der Waals surface area (Å²) in [4.78, 5) is 21.2. The van der Waals surface area contributed by atoms with E-state index in [-0.39, 0.29) is 6.03 Å². The minimum Gasteiger partial charge on any atom is -0.494 e. The number of aromatic nitrogens is 1. The lowest BCUT2D eigenvalue weighted by Gasteiger charge is -2.22. The number of carbonyl (C=O) groups is 1. The number of rotatable bonds is 6. The van der Waals surface area contributed by atoms with Crippen molar-refractivity contribution in [1.82, 2.24) is 14.8 Å². The lowest BCUT2D eigenvalue weighted by molar-refractivity contribution is 0.211. The molecule has 2 aromatic carbocycles. The second-order valence-corrected chi connectivity index (χ2v) is 9.27. The van der Waals surface area contributed by atoms with Gasteiger partial charge in [0.05, 0.1) is 13.3 Å². The molecule has 3 aromatic rings. The Morgan fingerprint density at radius 2 is 1.82 bits per heavy atom. The first kappa shape index (κ1) is 22.5. The van der Waals surface area contributed by atoms with Crippen LogP contribution >= 0.6 is 11.6 Å². The van der Waals surface area contributed by atoms with Gasteiger partial charge in [0.25, 0.3) is 0 Å². The molecule has 2 unspecified atom stereocenters. The van der Waals surface area contributed by atoms with E-state index >= 15 is 0 Å². The molecule has 2 aliphatic rings. The Morgan fingerprint density at radius 1 is 1.06 bits per heavy atom. The fourth-order valence-corrected chi connectivity index (χ4v) is 4.96. The van der Waals surface area contributed by atoms with E-state index in [0.717, 1.165) is 44.2 Å². The fraction of sp³-hybridized carbons (Fsp3) is 0.308. The molecule has 2 amide bonds. The summed E-state index contributed by atoms with van der Waals surface area (Å²) in [6.45, 7) is 4.34. The van der Waals surface area contributed by atoms with Crippen molar-refractivity contribution in [3.63, 3.8) is 0 Å². The molecule has 0 radical (unpaired) electrons. The van der Waals surface area contributed by atoms with E-state index in [2.05, 4.69) is 27.3 Å². The number of amides is 2. The number of benzene rings is 2. The Balaban J connectivity index is 1.14. The minimum absolute atomic E-state index is 0.0979. The van der Waals surface area contributed by atoms with Crippen molar-refractivity contribution in [1.29, 1.82) is 0 Å². The van der Waals surface area contributed by atoms with Gasteiger partial charge in [-0.2, -0.15) is 0 Å². The van der Waals surface area contributed by atoms with E-state index in [9.17, 15) is 4.79 Å². The average Bonchev–Trinajstić information content (AvgIpc) is 3.40. The van der Waals surface area contributed by atoms with E-state index in [1.165, 1.54) is 5.56 Å². The number of nitrogens with zero attached hydrogens (tertiary/aromatic N) is 3. The van der Waals surface area contributed by atoms with Gasteiger partial charge >= 0.3 is 6.03 Å². The van der Waals surface area contributed by atoms with Gasteiger partial charge < -0.3 is 19.7 Å². The lowest BCUT2D eigenvalue weighted by atomic mass is 10.0. The maximum absolute atomic E-state index is 12.8. The van der Waals surface area contributed by atoms with Gasteiger partial charge in [0.1, 0.15) is 22.9 Å². The molecule has 1 N–H and O–H groups in total. The van der Waals surface area contributed by atoms with Gasteiger partial charge in [0.15, 0.2) is 0 Å². The van der Waals surface area contributed by atoms with Crippen LogP contribution in [0.25, 0.3) is 0 Å². The zero-order valence-corrected chi connectivity index (χ0v) is 19.7. The number of nitrogens with one attached hydrogen (secondary N) is 1. The predicted molar refractivity (Wildman–Crippen MR) is 132 cm³/mol. The second kappa shape index (κ2) is 9.91. The number of methoxy groups -OCH3 is 1. The number of halogens is 1. The van der Waals surface area contributed by atoms with Gasteiger partial charge in [-0.05, 0) is 53.8 Å². The van der Waals surface area contributed by atoms with Crippen LogP contribution in [0.4, 0.5) is 10.5 Å². The molecule has 2 fully saturated rings. The quantitative estimate of drug-likeness (QED) is 0.532. The molecule has 2 saturated heterocycles. The highest BCUT2D eigenvalue weighted by atomic mass is 35.5. The zero-order chi connectivity index (χ0) is 23.5. The highest BCUT2D eigenvalue weighted by Gasteiger charge is 2.41. The smallest absolute Gasteiger partial charge is 0.322 e. The monoisotopic (exact) mass is 478 g/mol. The number of pyridine rings is 1. The van der Waals surface area contributed by atoms with Crippen LogP contribution in [-0.4, -0.2) is 54.1 Å². The summed E-state index contributed by atoms with van der Waals surface area (Å²) in [6.07, 6.45) is 3.25. The minimum atomic E-state index is -0.0979. The van der Waals surface area contributed by atoms with Gasteiger partial charge in [-0.25, -0.2) is 4.79 Å². The number of anilines is 1. The van der Waals surface area contributed by atoms with Crippen LogP contribution in [-0.2, 0) is 6.54 Å². The summed E-state index contributed by atoms with van der Waals surface area (Å²) in [6, 6.07) is 17.2. The molecule has 0 bridgehead atoms. The molecule has 0 aliphatic carbocycles. The Hall–Kier alpha value is -3.29. The molecule has 2 aliphatic heterocycles. The first-order valence-electron chi connectivity index (χ1n) is 11.4. The van der Waals surface area contributed by atoms with Crippen LogP contribution < -0.4 is 14.8 Å². The second-order valence-electron chi connectivity index (χ2n) is 8.83. The van der Waals surface area contributed by atoms with Crippen LogP contribution in [0.15, 0.2) is 67.0 Å². The Labute approximate surface area is 204 Å². The van der Waals surface area contributed by atoms with E-state index in [1.54, 1.807) is 25.6 Å². The average molecular weight is 479 g/mol. The number of ether oxygens (including phenoxy) is 2. The molecule has 34 heavy (non-hydrogen) atoms. The molecular formula is C26H27ClN4O3. The summed E-state index contributed by atoms with van der Waals surface area (Å²) >= 11 is 5.96.